The molecule has 4 nitrogen and oxygen atoms in total. The third-order valence-electron chi connectivity index (χ3n) is 3.24. The lowest BCUT2D eigenvalue weighted by molar-refractivity contribution is 0.653. The van der Waals surface area contributed by atoms with Gasteiger partial charge in [-0.15, -0.1) is 24.0 Å². The fraction of sp³-hybridized carbons (Fsp3) is 0.400. The molecule has 21 heavy (non-hydrogen) atoms. The van der Waals surface area contributed by atoms with Crippen LogP contribution in [-0.2, 0) is 6.54 Å². The maximum absolute atomic E-state index is 4.25. The summed E-state index contributed by atoms with van der Waals surface area (Å²) in [6.45, 7) is 4.91. The van der Waals surface area contributed by atoms with Crippen molar-refractivity contribution in [2.75, 3.05) is 20.1 Å². The Labute approximate surface area is 147 Å². The maximum Gasteiger partial charge on any atom is 0.191 e. The molecule has 0 saturated heterocycles. The van der Waals surface area contributed by atoms with Gasteiger partial charge in [0.1, 0.15) is 0 Å². The van der Waals surface area contributed by atoms with Crippen LogP contribution in [0.1, 0.15) is 18.4 Å². The van der Waals surface area contributed by atoms with Crippen LogP contribution in [0.2, 0.25) is 0 Å². The Bertz CT molecular complexity index is 508. The average molecular weight is 418 g/mol. The summed E-state index contributed by atoms with van der Waals surface area (Å²) in [5.41, 5.74) is 1.38. The highest BCUT2D eigenvalue weighted by Gasteiger charge is 2.06. The van der Waals surface area contributed by atoms with E-state index in [1.165, 1.54) is 5.56 Å². The molecule has 0 aliphatic heterocycles. The molecule has 116 valence electrons. The Kier molecular flexibility index (Phi) is 8.44. The third-order valence-corrected chi connectivity index (χ3v) is 3.94. The fourth-order valence-corrected chi connectivity index (χ4v) is 2.75. The Hall–Kier alpha value is -1.02. The standard InChI is InChI=1S/C15H22N4S.HI/c1-13(14-5-10-20-12-14)11-18-15(16-2)17-6-9-19-7-3-4-8-19;/h3-5,7-8,10,12-13H,6,9,11H2,1-2H3,(H2,16,17,18);1H. The number of aromatic nitrogens is 1. The Balaban J connectivity index is 0.00000220. The Morgan fingerprint density at radius 3 is 2.71 bits per heavy atom. The molecule has 0 saturated carbocycles. The van der Waals surface area contributed by atoms with Gasteiger partial charge in [-0.3, -0.25) is 4.99 Å². The molecule has 0 aliphatic rings. The van der Waals surface area contributed by atoms with E-state index in [1.54, 1.807) is 18.4 Å². The van der Waals surface area contributed by atoms with E-state index >= 15 is 0 Å². The number of halogens is 1. The second-order valence-electron chi connectivity index (χ2n) is 4.76. The summed E-state index contributed by atoms with van der Waals surface area (Å²) in [7, 11) is 1.81. The minimum absolute atomic E-state index is 0. The van der Waals surface area contributed by atoms with Gasteiger partial charge in [0.25, 0.3) is 0 Å². The van der Waals surface area contributed by atoms with Gasteiger partial charge in [-0.05, 0) is 40.4 Å². The van der Waals surface area contributed by atoms with Crippen molar-refractivity contribution >= 4 is 41.3 Å². The number of guanidine groups is 1. The van der Waals surface area contributed by atoms with Crippen molar-refractivity contribution in [1.82, 2.24) is 15.2 Å². The number of rotatable bonds is 6. The lowest BCUT2D eigenvalue weighted by atomic mass is 10.1. The molecule has 0 fully saturated rings. The van der Waals surface area contributed by atoms with Gasteiger partial charge in [-0.2, -0.15) is 11.3 Å². The molecule has 2 heterocycles. The second-order valence-corrected chi connectivity index (χ2v) is 5.54. The third kappa shape index (κ3) is 6.09. The highest BCUT2D eigenvalue weighted by molar-refractivity contribution is 14.0. The van der Waals surface area contributed by atoms with Crippen molar-refractivity contribution in [2.24, 2.45) is 4.99 Å². The van der Waals surface area contributed by atoms with Crippen molar-refractivity contribution in [3.8, 4) is 0 Å². The molecular formula is C15H23IN4S. The van der Waals surface area contributed by atoms with Crippen molar-refractivity contribution in [2.45, 2.75) is 19.4 Å². The summed E-state index contributed by atoms with van der Waals surface area (Å²) in [6.07, 6.45) is 4.13. The summed E-state index contributed by atoms with van der Waals surface area (Å²) >= 11 is 1.74. The molecular weight excluding hydrogens is 395 g/mol. The van der Waals surface area contributed by atoms with Crippen LogP contribution in [-0.4, -0.2) is 30.7 Å². The maximum atomic E-state index is 4.25. The zero-order valence-electron chi connectivity index (χ0n) is 12.5. The molecule has 0 radical (unpaired) electrons. The van der Waals surface area contributed by atoms with E-state index in [2.05, 4.69) is 56.3 Å². The highest BCUT2D eigenvalue weighted by atomic mass is 127. The average Bonchev–Trinajstić information content (AvgIpc) is 3.14. The van der Waals surface area contributed by atoms with Gasteiger partial charge in [0.2, 0.25) is 0 Å². The molecule has 6 heteroatoms. The van der Waals surface area contributed by atoms with Crippen molar-refractivity contribution in [3.63, 3.8) is 0 Å². The van der Waals surface area contributed by atoms with Gasteiger partial charge in [0, 0.05) is 39.1 Å². The first-order valence-electron chi connectivity index (χ1n) is 6.87. The van der Waals surface area contributed by atoms with E-state index in [-0.39, 0.29) is 24.0 Å². The summed E-state index contributed by atoms with van der Waals surface area (Å²) in [4.78, 5) is 4.25. The highest BCUT2D eigenvalue weighted by Crippen LogP contribution is 2.16. The number of nitrogens with one attached hydrogen (secondary N) is 2. The molecule has 2 aromatic rings. The summed E-state index contributed by atoms with van der Waals surface area (Å²) in [6, 6.07) is 6.25. The first-order valence-corrected chi connectivity index (χ1v) is 7.81. The fourth-order valence-electron chi connectivity index (χ4n) is 1.97. The van der Waals surface area contributed by atoms with Crippen LogP contribution in [0.15, 0.2) is 46.3 Å². The number of hydrogen-bond acceptors (Lipinski definition) is 2. The SMILES string of the molecule is CN=C(NCCn1cccc1)NCC(C)c1ccsc1.I. The van der Waals surface area contributed by atoms with Gasteiger partial charge in [0.15, 0.2) is 5.96 Å². The lowest BCUT2D eigenvalue weighted by Gasteiger charge is -2.15. The zero-order chi connectivity index (χ0) is 14.2. The smallest absolute Gasteiger partial charge is 0.191 e. The van der Waals surface area contributed by atoms with E-state index in [1.807, 2.05) is 12.1 Å². The van der Waals surface area contributed by atoms with Crippen molar-refractivity contribution in [1.29, 1.82) is 0 Å². The van der Waals surface area contributed by atoms with E-state index in [4.69, 9.17) is 0 Å². The first kappa shape index (κ1) is 18.0. The molecule has 2 N–H and O–H groups in total. The van der Waals surface area contributed by atoms with Gasteiger partial charge in [-0.1, -0.05) is 6.92 Å². The van der Waals surface area contributed by atoms with Crippen LogP contribution >= 0.6 is 35.3 Å². The van der Waals surface area contributed by atoms with Crippen LogP contribution in [0.25, 0.3) is 0 Å². The summed E-state index contributed by atoms with van der Waals surface area (Å²) < 4.78 is 2.15. The minimum atomic E-state index is 0. The molecule has 0 spiro atoms. The van der Waals surface area contributed by atoms with Crippen LogP contribution in [0.4, 0.5) is 0 Å². The molecule has 2 rings (SSSR count). The normalized spacial score (nSPS) is 12.6. The Morgan fingerprint density at radius 2 is 2.10 bits per heavy atom. The van der Waals surface area contributed by atoms with Gasteiger partial charge in [0.05, 0.1) is 0 Å². The quantitative estimate of drug-likeness (QED) is 0.430. The van der Waals surface area contributed by atoms with Crippen molar-refractivity contribution in [3.05, 3.63) is 46.9 Å². The zero-order valence-corrected chi connectivity index (χ0v) is 15.6. The molecule has 2 aromatic heterocycles. The van der Waals surface area contributed by atoms with Gasteiger partial charge >= 0.3 is 0 Å². The van der Waals surface area contributed by atoms with E-state index in [0.717, 1.165) is 25.6 Å². The van der Waals surface area contributed by atoms with Crippen LogP contribution in [0.5, 0.6) is 0 Å². The predicted molar refractivity (Wildman–Crippen MR) is 102 cm³/mol. The molecule has 0 amide bonds. The predicted octanol–water partition coefficient (Wildman–Crippen LogP) is 3.14. The minimum Gasteiger partial charge on any atom is -0.356 e. The summed E-state index contributed by atoms with van der Waals surface area (Å²) in [5, 5.41) is 11.0. The monoisotopic (exact) mass is 418 g/mol. The summed E-state index contributed by atoms with van der Waals surface area (Å²) in [5.74, 6) is 1.35. The van der Waals surface area contributed by atoms with E-state index in [9.17, 15) is 0 Å². The van der Waals surface area contributed by atoms with Crippen LogP contribution < -0.4 is 10.6 Å². The second kappa shape index (κ2) is 9.83. The molecule has 0 aliphatic carbocycles. The van der Waals surface area contributed by atoms with Crippen LogP contribution in [0, 0.1) is 0 Å². The number of nitrogens with zero attached hydrogens (tertiary/aromatic N) is 2. The van der Waals surface area contributed by atoms with Crippen molar-refractivity contribution < 1.29 is 0 Å². The lowest BCUT2D eigenvalue weighted by Crippen LogP contribution is -2.40. The largest absolute Gasteiger partial charge is 0.356 e. The van der Waals surface area contributed by atoms with Gasteiger partial charge < -0.3 is 15.2 Å². The van der Waals surface area contributed by atoms with E-state index in [0.29, 0.717) is 5.92 Å². The van der Waals surface area contributed by atoms with Crippen LogP contribution in [0.3, 0.4) is 0 Å². The molecule has 0 aromatic carbocycles. The molecule has 1 atom stereocenters. The first-order chi connectivity index (χ1) is 9.79. The van der Waals surface area contributed by atoms with Gasteiger partial charge in [-0.25, -0.2) is 0 Å². The Morgan fingerprint density at radius 1 is 1.33 bits per heavy atom. The molecule has 1 unspecified atom stereocenters. The molecule has 0 bridgehead atoms. The number of aliphatic imine (C=N–C) groups is 1. The number of thiophene rings is 1. The van der Waals surface area contributed by atoms with E-state index < -0.39 is 0 Å². The number of hydrogen-bond donors (Lipinski definition) is 2. The topological polar surface area (TPSA) is 41.4 Å².